The molecule has 8 heteroatoms. The Morgan fingerprint density at radius 3 is 2.25 bits per heavy atom. The average Bonchev–Trinajstić information content (AvgIpc) is 2.44. The summed E-state index contributed by atoms with van der Waals surface area (Å²) in [5.41, 5.74) is -0.641. The Morgan fingerprint density at radius 1 is 1.30 bits per heavy atom. The van der Waals surface area contributed by atoms with Crippen LogP contribution in [0.3, 0.4) is 0 Å². The van der Waals surface area contributed by atoms with Gasteiger partial charge >= 0.3 is 12.1 Å². The van der Waals surface area contributed by atoms with Crippen LogP contribution in [-0.2, 0) is 19.4 Å². The number of carboxylic acid groups (broad SMARTS) is 1. The first-order valence-electron chi connectivity index (χ1n) is 6.39. The molecule has 7 nitrogen and oxygen atoms in total. The van der Waals surface area contributed by atoms with Crippen LogP contribution in [0.25, 0.3) is 0 Å². The third-order valence-electron chi connectivity index (χ3n) is 3.66. The molecule has 1 N–H and O–H groups in total. The second-order valence-corrected chi connectivity index (χ2v) is 8.97. The minimum Gasteiger partial charge on any atom is -0.481 e. The maximum atomic E-state index is 12.1. The van der Waals surface area contributed by atoms with Crippen molar-refractivity contribution in [1.82, 2.24) is 4.90 Å². The van der Waals surface area contributed by atoms with E-state index in [1.54, 1.807) is 20.8 Å². The fraction of sp³-hybridized carbons (Fsp3) is 0.833. The Bertz CT molecular complexity index is 541. The predicted molar refractivity (Wildman–Crippen MR) is 70.1 cm³/mol. The third-order valence-corrected chi connectivity index (χ3v) is 6.24. The Morgan fingerprint density at radius 2 is 1.85 bits per heavy atom. The van der Waals surface area contributed by atoms with Gasteiger partial charge in [0.1, 0.15) is 10.3 Å². The molecule has 2 saturated heterocycles. The highest BCUT2D eigenvalue weighted by atomic mass is 32.2. The van der Waals surface area contributed by atoms with Crippen LogP contribution in [0.5, 0.6) is 0 Å². The van der Waals surface area contributed by atoms with Crippen LogP contribution in [0.15, 0.2) is 0 Å². The molecule has 2 fully saturated rings. The maximum absolute atomic E-state index is 12.1. The summed E-state index contributed by atoms with van der Waals surface area (Å²) in [6, 6.07) is 0. The maximum Gasteiger partial charge on any atom is 0.410 e. The highest BCUT2D eigenvalue weighted by Crippen LogP contribution is 2.43. The third kappa shape index (κ3) is 2.48. The summed E-state index contributed by atoms with van der Waals surface area (Å²) >= 11 is 0. The number of sulfone groups is 1. The number of carbonyl (C=O) groups is 2. The fourth-order valence-electron chi connectivity index (χ4n) is 2.67. The quantitative estimate of drug-likeness (QED) is 0.757. The molecule has 2 rings (SSSR count). The summed E-state index contributed by atoms with van der Waals surface area (Å²) in [6.07, 6.45) is -0.485. The topological polar surface area (TPSA) is 101 Å². The van der Waals surface area contributed by atoms with Crippen LogP contribution in [-0.4, -0.2) is 59.7 Å². The van der Waals surface area contributed by atoms with Crippen LogP contribution >= 0.6 is 0 Å². The largest absolute Gasteiger partial charge is 0.481 e. The second kappa shape index (κ2) is 4.34. The number of nitrogens with zero attached hydrogens (tertiary/aromatic N) is 1. The van der Waals surface area contributed by atoms with Gasteiger partial charge in [-0.25, -0.2) is 13.2 Å². The molecule has 1 unspecified atom stereocenters. The van der Waals surface area contributed by atoms with E-state index < -0.39 is 38.2 Å². The number of hydrogen-bond acceptors (Lipinski definition) is 5. The van der Waals surface area contributed by atoms with Crippen LogP contribution in [0, 0.1) is 5.92 Å². The highest BCUT2D eigenvalue weighted by molar-refractivity contribution is 7.93. The zero-order chi connectivity index (χ0) is 15.3. The van der Waals surface area contributed by atoms with E-state index in [2.05, 4.69) is 0 Å². The minimum absolute atomic E-state index is 0.0219. The normalized spacial score (nSPS) is 27.1. The van der Waals surface area contributed by atoms with E-state index >= 15 is 0 Å². The first-order valence-corrected chi connectivity index (χ1v) is 8.04. The second-order valence-electron chi connectivity index (χ2n) is 6.54. The van der Waals surface area contributed by atoms with E-state index in [-0.39, 0.29) is 25.3 Å². The van der Waals surface area contributed by atoms with Gasteiger partial charge < -0.3 is 14.7 Å². The van der Waals surface area contributed by atoms with E-state index in [9.17, 15) is 18.0 Å². The number of aliphatic carboxylic acids is 1. The molecule has 0 radical (unpaired) electrons. The summed E-state index contributed by atoms with van der Waals surface area (Å²) in [5, 5.41) is 8.96. The number of carboxylic acids is 1. The SMILES string of the molecule is CC(C)(C)OC(=O)N1CC2(CC(C(=O)O)CS2(=O)=O)C1. The summed E-state index contributed by atoms with van der Waals surface area (Å²) in [4.78, 5) is 24.1. The number of hydrogen-bond donors (Lipinski definition) is 1. The van der Waals surface area contributed by atoms with Crippen molar-refractivity contribution >= 4 is 21.9 Å². The van der Waals surface area contributed by atoms with Crippen molar-refractivity contribution in [2.45, 2.75) is 37.5 Å². The van der Waals surface area contributed by atoms with Crippen LogP contribution in [0.1, 0.15) is 27.2 Å². The minimum atomic E-state index is -3.48. The van der Waals surface area contributed by atoms with Gasteiger partial charge in [-0.2, -0.15) is 0 Å². The number of amides is 1. The molecular formula is C12H19NO6S. The van der Waals surface area contributed by atoms with Crippen molar-refractivity contribution in [1.29, 1.82) is 0 Å². The van der Waals surface area contributed by atoms with E-state index in [0.29, 0.717) is 0 Å². The van der Waals surface area contributed by atoms with Crippen LogP contribution in [0.4, 0.5) is 4.79 Å². The molecule has 2 aliphatic rings. The zero-order valence-corrected chi connectivity index (χ0v) is 12.6. The van der Waals surface area contributed by atoms with Gasteiger partial charge in [-0.15, -0.1) is 0 Å². The number of carbonyl (C=O) groups excluding carboxylic acids is 1. The lowest BCUT2D eigenvalue weighted by molar-refractivity contribution is -0.141. The molecule has 0 saturated carbocycles. The molecule has 0 aromatic heterocycles. The van der Waals surface area contributed by atoms with Gasteiger partial charge in [0, 0.05) is 13.1 Å². The number of ether oxygens (including phenoxy) is 1. The Labute approximate surface area is 117 Å². The molecule has 20 heavy (non-hydrogen) atoms. The zero-order valence-electron chi connectivity index (χ0n) is 11.7. The number of likely N-dealkylation sites (tertiary alicyclic amines) is 1. The molecule has 2 heterocycles. The van der Waals surface area contributed by atoms with Crippen molar-refractivity contribution in [2.24, 2.45) is 5.92 Å². The first-order chi connectivity index (χ1) is 8.96. The van der Waals surface area contributed by atoms with Crippen molar-refractivity contribution < 1.29 is 27.9 Å². The summed E-state index contributed by atoms with van der Waals surface area (Å²) < 4.78 is 28.3. The molecule has 0 bridgehead atoms. The van der Waals surface area contributed by atoms with Crippen LogP contribution < -0.4 is 0 Å². The highest BCUT2D eigenvalue weighted by Gasteiger charge is 2.61. The van der Waals surface area contributed by atoms with Crippen molar-refractivity contribution in [3.8, 4) is 0 Å². The number of rotatable bonds is 1. The predicted octanol–water partition coefficient (Wildman–Crippen LogP) is 0.495. The monoisotopic (exact) mass is 305 g/mol. The Hall–Kier alpha value is -1.31. The standard InChI is InChI=1S/C12H19NO6S/c1-11(2,3)19-10(16)13-6-12(7-13)4-8(9(14)15)5-20(12,17)18/h8H,4-7H2,1-3H3,(H,14,15). The summed E-state index contributed by atoms with van der Waals surface area (Å²) in [7, 11) is -3.48. The molecule has 1 spiro atoms. The first kappa shape index (κ1) is 15.1. The van der Waals surface area contributed by atoms with Crippen LogP contribution in [0.2, 0.25) is 0 Å². The van der Waals surface area contributed by atoms with Crippen molar-refractivity contribution in [3.05, 3.63) is 0 Å². The molecule has 114 valence electrons. The molecule has 2 aliphatic heterocycles. The van der Waals surface area contributed by atoms with Gasteiger partial charge in [-0.05, 0) is 27.2 Å². The summed E-state index contributed by atoms with van der Waals surface area (Å²) in [6.45, 7) is 5.23. The molecule has 1 amide bonds. The van der Waals surface area contributed by atoms with Crippen molar-refractivity contribution in [3.63, 3.8) is 0 Å². The lowest BCUT2D eigenvalue weighted by Crippen LogP contribution is -2.66. The Kier molecular flexibility index (Phi) is 3.27. The van der Waals surface area contributed by atoms with E-state index in [4.69, 9.17) is 9.84 Å². The van der Waals surface area contributed by atoms with Gasteiger partial charge in [0.2, 0.25) is 0 Å². The molecule has 0 aliphatic carbocycles. The van der Waals surface area contributed by atoms with E-state index in [1.165, 1.54) is 4.90 Å². The van der Waals surface area contributed by atoms with Gasteiger partial charge in [0.25, 0.3) is 0 Å². The molecule has 0 aromatic carbocycles. The summed E-state index contributed by atoms with van der Waals surface area (Å²) in [5.74, 6) is -2.31. The van der Waals surface area contributed by atoms with Gasteiger partial charge in [-0.1, -0.05) is 0 Å². The fourth-order valence-corrected chi connectivity index (χ4v) is 4.97. The molecule has 0 aromatic rings. The Balaban J connectivity index is 2.05. The lowest BCUT2D eigenvalue weighted by Gasteiger charge is -2.46. The average molecular weight is 305 g/mol. The lowest BCUT2D eigenvalue weighted by atomic mass is 9.89. The van der Waals surface area contributed by atoms with E-state index in [0.717, 1.165) is 0 Å². The van der Waals surface area contributed by atoms with Crippen molar-refractivity contribution in [2.75, 3.05) is 18.8 Å². The smallest absolute Gasteiger partial charge is 0.410 e. The van der Waals surface area contributed by atoms with E-state index in [1.807, 2.05) is 0 Å². The molecule has 1 atom stereocenters. The van der Waals surface area contributed by atoms with Gasteiger partial charge in [0.15, 0.2) is 9.84 Å². The van der Waals surface area contributed by atoms with Gasteiger partial charge in [-0.3, -0.25) is 4.79 Å². The molecular weight excluding hydrogens is 286 g/mol. The van der Waals surface area contributed by atoms with Gasteiger partial charge in [0.05, 0.1) is 11.7 Å².